The first-order chi connectivity index (χ1) is 6.69. The lowest BCUT2D eigenvalue weighted by atomic mass is 10.1. The van der Waals surface area contributed by atoms with Crippen LogP contribution < -0.4 is 0 Å². The van der Waals surface area contributed by atoms with E-state index in [0.717, 1.165) is 6.07 Å². The summed E-state index contributed by atoms with van der Waals surface area (Å²) in [5, 5.41) is 12.1. The highest BCUT2D eigenvalue weighted by atomic mass is 35.5. The highest BCUT2D eigenvalue weighted by Gasteiger charge is 2.09. The van der Waals surface area contributed by atoms with E-state index in [-0.39, 0.29) is 11.6 Å². The fourth-order valence-corrected chi connectivity index (χ4v) is 1.18. The van der Waals surface area contributed by atoms with Crippen LogP contribution in [0.25, 0.3) is 10.4 Å². The Morgan fingerprint density at radius 3 is 2.86 bits per heavy atom. The van der Waals surface area contributed by atoms with E-state index < -0.39 is 11.9 Å². The Morgan fingerprint density at radius 2 is 2.36 bits per heavy atom. The van der Waals surface area contributed by atoms with Crippen LogP contribution in [0.3, 0.4) is 0 Å². The molecule has 1 atom stereocenters. The molecule has 0 saturated carbocycles. The molecule has 0 aromatic heterocycles. The van der Waals surface area contributed by atoms with Crippen molar-refractivity contribution in [1.29, 1.82) is 0 Å². The second-order valence-electron chi connectivity index (χ2n) is 2.58. The maximum atomic E-state index is 12.8. The molecule has 1 unspecified atom stereocenters. The molecule has 0 aliphatic heterocycles. The Labute approximate surface area is 84.6 Å². The zero-order valence-electron chi connectivity index (χ0n) is 7.06. The number of aliphatic hydroxyl groups is 1. The first kappa shape index (κ1) is 10.8. The van der Waals surface area contributed by atoms with Gasteiger partial charge in [-0.05, 0) is 23.2 Å². The van der Waals surface area contributed by atoms with Crippen LogP contribution in [0.4, 0.5) is 4.39 Å². The Kier molecular flexibility index (Phi) is 3.71. The smallest absolute Gasteiger partial charge is 0.141 e. The summed E-state index contributed by atoms with van der Waals surface area (Å²) in [6.07, 6.45) is 0. The van der Waals surface area contributed by atoms with E-state index in [1.165, 1.54) is 12.1 Å². The Balaban J connectivity index is 3.05. The first-order valence-corrected chi connectivity index (χ1v) is 4.17. The summed E-state index contributed by atoms with van der Waals surface area (Å²) in [6.45, 7) is -0.341. The molecule has 1 N–H and O–H groups in total. The van der Waals surface area contributed by atoms with Gasteiger partial charge in [-0.15, -0.1) is 0 Å². The van der Waals surface area contributed by atoms with Crippen molar-refractivity contribution in [3.8, 4) is 0 Å². The van der Waals surface area contributed by atoms with Crippen molar-refractivity contribution in [2.75, 3.05) is 6.61 Å². The van der Waals surface area contributed by atoms with Crippen LogP contribution in [-0.2, 0) is 0 Å². The van der Waals surface area contributed by atoms with E-state index in [9.17, 15) is 4.39 Å². The number of nitrogens with zero attached hydrogens (tertiary/aromatic N) is 3. The lowest BCUT2D eigenvalue weighted by molar-refractivity contribution is 0.268. The minimum absolute atomic E-state index is 0.0610. The Bertz CT molecular complexity index is 379. The molecule has 4 nitrogen and oxygen atoms in total. The number of benzene rings is 1. The van der Waals surface area contributed by atoms with Gasteiger partial charge in [0.05, 0.1) is 17.7 Å². The molecule has 0 fully saturated rings. The number of hydrogen-bond donors (Lipinski definition) is 1. The normalized spacial score (nSPS) is 11.9. The van der Waals surface area contributed by atoms with E-state index in [4.69, 9.17) is 22.2 Å². The molecule has 1 aromatic rings. The van der Waals surface area contributed by atoms with Crippen LogP contribution in [0, 0.1) is 5.82 Å². The molecule has 0 bridgehead atoms. The second-order valence-corrected chi connectivity index (χ2v) is 2.98. The number of rotatable bonds is 3. The molecule has 0 aliphatic carbocycles. The summed E-state index contributed by atoms with van der Waals surface area (Å²) >= 11 is 5.52. The van der Waals surface area contributed by atoms with Gasteiger partial charge in [0, 0.05) is 4.91 Å². The van der Waals surface area contributed by atoms with Crippen LogP contribution in [0.1, 0.15) is 11.6 Å². The van der Waals surface area contributed by atoms with Gasteiger partial charge in [-0.2, -0.15) is 0 Å². The number of hydrogen-bond acceptors (Lipinski definition) is 2. The van der Waals surface area contributed by atoms with Gasteiger partial charge >= 0.3 is 0 Å². The van der Waals surface area contributed by atoms with Gasteiger partial charge in [0.25, 0.3) is 0 Å². The quantitative estimate of drug-likeness (QED) is 0.470. The fraction of sp³-hybridized carbons (Fsp3) is 0.250. The predicted octanol–water partition coefficient (Wildman–Crippen LogP) is 2.82. The van der Waals surface area contributed by atoms with Gasteiger partial charge in [0.1, 0.15) is 5.82 Å². The molecule has 6 heteroatoms. The molecule has 1 aromatic carbocycles. The average Bonchev–Trinajstić information content (AvgIpc) is 2.19. The Morgan fingerprint density at radius 1 is 1.64 bits per heavy atom. The third kappa shape index (κ3) is 2.35. The Hall–Kier alpha value is -1.29. The van der Waals surface area contributed by atoms with Crippen molar-refractivity contribution in [3.05, 3.63) is 45.0 Å². The lowest BCUT2D eigenvalue weighted by Gasteiger charge is -2.07. The van der Waals surface area contributed by atoms with Gasteiger partial charge in [0.2, 0.25) is 0 Å². The standard InChI is InChI=1S/C8H7ClFN3O/c9-6-3-5(1-2-7(6)10)8(4-14)12-13-11/h1-3,8,14H,4H2. The molecule has 0 heterocycles. The predicted molar refractivity (Wildman–Crippen MR) is 50.4 cm³/mol. The minimum Gasteiger partial charge on any atom is -0.396 e. The highest BCUT2D eigenvalue weighted by Crippen LogP contribution is 2.22. The van der Waals surface area contributed by atoms with Crippen LogP contribution in [0.5, 0.6) is 0 Å². The van der Waals surface area contributed by atoms with Gasteiger partial charge in [-0.25, -0.2) is 4.39 Å². The summed E-state index contributed by atoms with van der Waals surface area (Å²) in [7, 11) is 0. The third-order valence-electron chi connectivity index (χ3n) is 1.69. The minimum atomic E-state index is -0.724. The van der Waals surface area contributed by atoms with E-state index in [1.54, 1.807) is 0 Å². The fourth-order valence-electron chi connectivity index (χ4n) is 0.991. The molecule has 74 valence electrons. The molecule has 1 rings (SSSR count). The van der Waals surface area contributed by atoms with Crippen molar-refractivity contribution in [2.24, 2.45) is 5.11 Å². The van der Waals surface area contributed by atoms with E-state index in [1.807, 2.05) is 0 Å². The summed E-state index contributed by atoms with van der Waals surface area (Å²) in [5.41, 5.74) is 8.68. The number of azide groups is 1. The van der Waals surface area contributed by atoms with Gasteiger partial charge in [0.15, 0.2) is 0 Å². The molecular weight excluding hydrogens is 209 g/mol. The average molecular weight is 216 g/mol. The van der Waals surface area contributed by atoms with Crippen molar-refractivity contribution in [1.82, 2.24) is 0 Å². The van der Waals surface area contributed by atoms with Crippen molar-refractivity contribution >= 4 is 11.6 Å². The van der Waals surface area contributed by atoms with E-state index >= 15 is 0 Å². The second kappa shape index (κ2) is 4.81. The zero-order chi connectivity index (χ0) is 10.6. The highest BCUT2D eigenvalue weighted by molar-refractivity contribution is 6.30. The first-order valence-electron chi connectivity index (χ1n) is 3.79. The third-order valence-corrected chi connectivity index (χ3v) is 1.98. The van der Waals surface area contributed by atoms with Crippen LogP contribution >= 0.6 is 11.6 Å². The largest absolute Gasteiger partial charge is 0.396 e. The topological polar surface area (TPSA) is 69.0 Å². The maximum absolute atomic E-state index is 12.8. The van der Waals surface area contributed by atoms with Crippen molar-refractivity contribution in [3.63, 3.8) is 0 Å². The van der Waals surface area contributed by atoms with Gasteiger partial charge in [-0.3, -0.25) is 0 Å². The SMILES string of the molecule is [N-]=[N+]=NC(CO)c1ccc(F)c(Cl)c1. The summed E-state index contributed by atoms with van der Waals surface area (Å²) in [6, 6.07) is 3.18. The molecule has 14 heavy (non-hydrogen) atoms. The summed E-state index contributed by atoms with van der Waals surface area (Å²) in [5.74, 6) is -0.548. The van der Waals surface area contributed by atoms with Gasteiger partial charge < -0.3 is 5.11 Å². The molecule has 0 saturated heterocycles. The molecule has 0 amide bonds. The number of halogens is 2. The zero-order valence-corrected chi connectivity index (χ0v) is 7.82. The van der Waals surface area contributed by atoms with Crippen LogP contribution in [-0.4, -0.2) is 11.7 Å². The van der Waals surface area contributed by atoms with Crippen LogP contribution in [0.2, 0.25) is 5.02 Å². The van der Waals surface area contributed by atoms with Gasteiger partial charge in [-0.1, -0.05) is 22.8 Å². The molecule has 0 aliphatic rings. The van der Waals surface area contributed by atoms with Crippen LogP contribution in [0.15, 0.2) is 23.3 Å². The van der Waals surface area contributed by atoms with Crippen molar-refractivity contribution < 1.29 is 9.50 Å². The molecule has 0 spiro atoms. The molecular formula is C8H7ClFN3O. The molecule has 0 radical (unpaired) electrons. The monoisotopic (exact) mass is 215 g/mol. The van der Waals surface area contributed by atoms with E-state index in [0.29, 0.717) is 5.56 Å². The number of aliphatic hydroxyl groups excluding tert-OH is 1. The lowest BCUT2D eigenvalue weighted by Crippen LogP contribution is -2.00. The van der Waals surface area contributed by atoms with Crippen molar-refractivity contribution in [2.45, 2.75) is 6.04 Å². The maximum Gasteiger partial charge on any atom is 0.141 e. The summed E-state index contributed by atoms with van der Waals surface area (Å²) < 4.78 is 12.8. The summed E-state index contributed by atoms with van der Waals surface area (Å²) in [4.78, 5) is 2.56. The van der Waals surface area contributed by atoms with E-state index in [2.05, 4.69) is 10.0 Å².